The van der Waals surface area contributed by atoms with Gasteiger partial charge in [-0.3, -0.25) is 0 Å². The van der Waals surface area contributed by atoms with Crippen LogP contribution in [0.3, 0.4) is 0 Å². The van der Waals surface area contributed by atoms with E-state index >= 15 is 0 Å². The van der Waals surface area contributed by atoms with Crippen molar-refractivity contribution in [1.29, 1.82) is 0 Å². The summed E-state index contributed by atoms with van der Waals surface area (Å²) in [5, 5.41) is 2.96. The Morgan fingerprint density at radius 1 is 0.846 bits per heavy atom. The highest BCUT2D eigenvalue weighted by Crippen LogP contribution is 2.39. The summed E-state index contributed by atoms with van der Waals surface area (Å²) in [4.78, 5) is 0. The molecule has 128 valence electrons. The molecule has 2 heterocycles. The monoisotopic (exact) mass is 353 g/mol. The van der Waals surface area contributed by atoms with Gasteiger partial charge in [0.05, 0.1) is 5.52 Å². The van der Waals surface area contributed by atoms with E-state index in [2.05, 4.69) is 97.4 Å². The lowest BCUT2D eigenvalue weighted by Crippen LogP contribution is -2.50. The van der Waals surface area contributed by atoms with Crippen LogP contribution < -0.4 is 5.32 Å². The van der Waals surface area contributed by atoms with Crippen LogP contribution in [0.15, 0.2) is 72.8 Å². The maximum absolute atomic E-state index is 2.54. The third kappa shape index (κ3) is 2.15. The highest BCUT2D eigenvalue weighted by molar-refractivity contribution is 6.90. The molecule has 1 aromatic heterocycles. The minimum absolute atomic E-state index is 1.21. The van der Waals surface area contributed by atoms with Crippen molar-refractivity contribution in [2.75, 3.05) is 0 Å². The molecule has 2 heteroatoms. The van der Waals surface area contributed by atoms with Crippen molar-refractivity contribution in [2.24, 2.45) is 0 Å². The Morgan fingerprint density at radius 2 is 1.58 bits per heavy atom. The maximum Gasteiger partial charge on any atom is 0.107 e. The van der Waals surface area contributed by atoms with Crippen LogP contribution in [0.4, 0.5) is 0 Å². The van der Waals surface area contributed by atoms with Gasteiger partial charge in [-0.25, -0.2) is 0 Å². The molecule has 0 spiro atoms. The van der Waals surface area contributed by atoms with Gasteiger partial charge in [0.15, 0.2) is 0 Å². The zero-order chi connectivity index (χ0) is 17.9. The molecule has 26 heavy (non-hydrogen) atoms. The summed E-state index contributed by atoms with van der Waals surface area (Å²) in [6.45, 7) is 7.25. The van der Waals surface area contributed by atoms with Gasteiger partial charge in [0.1, 0.15) is 8.07 Å². The standard InChI is InChI=1S/C24H23NSi/c1-17-13-14-20-18(15-17)16-26(2,3)24-23(20)21-11-7-8-12-22(21)25(24)19-9-5-4-6-10-19/h4-15H,16H2,1-3H3. The number of hydrogen-bond donors (Lipinski definition) is 0. The third-order valence-corrected chi connectivity index (χ3v) is 8.71. The Kier molecular flexibility index (Phi) is 3.28. The minimum Gasteiger partial charge on any atom is -0.317 e. The molecule has 0 atom stereocenters. The summed E-state index contributed by atoms with van der Waals surface area (Å²) in [5.41, 5.74) is 8.42. The van der Waals surface area contributed by atoms with E-state index in [9.17, 15) is 0 Å². The maximum atomic E-state index is 2.54. The van der Waals surface area contributed by atoms with Gasteiger partial charge in [0, 0.05) is 22.0 Å². The van der Waals surface area contributed by atoms with Crippen molar-refractivity contribution >= 4 is 24.3 Å². The zero-order valence-corrected chi connectivity index (χ0v) is 16.6. The quantitative estimate of drug-likeness (QED) is 0.392. The van der Waals surface area contributed by atoms with Gasteiger partial charge >= 0.3 is 0 Å². The molecule has 0 radical (unpaired) electrons. The van der Waals surface area contributed by atoms with Crippen LogP contribution in [0.5, 0.6) is 0 Å². The van der Waals surface area contributed by atoms with Crippen molar-refractivity contribution in [3.05, 3.63) is 83.9 Å². The van der Waals surface area contributed by atoms with Gasteiger partial charge in [0.25, 0.3) is 0 Å². The molecule has 1 aliphatic heterocycles. The van der Waals surface area contributed by atoms with Gasteiger partial charge in [-0.1, -0.05) is 73.3 Å². The van der Waals surface area contributed by atoms with Crippen LogP contribution >= 0.6 is 0 Å². The highest BCUT2D eigenvalue weighted by atomic mass is 28.3. The molecule has 1 aliphatic rings. The molecule has 0 saturated heterocycles. The number of benzene rings is 3. The largest absolute Gasteiger partial charge is 0.317 e. The summed E-state index contributed by atoms with van der Waals surface area (Å²) in [7, 11) is -1.63. The molecule has 5 rings (SSSR count). The Morgan fingerprint density at radius 3 is 2.38 bits per heavy atom. The average Bonchev–Trinajstić information content (AvgIpc) is 2.98. The summed E-state index contributed by atoms with van der Waals surface area (Å²) in [6, 6.07) is 28.0. The average molecular weight is 354 g/mol. The molecular weight excluding hydrogens is 330 g/mol. The molecule has 0 aliphatic carbocycles. The fraction of sp³-hybridized carbons (Fsp3) is 0.167. The molecular formula is C24H23NSi. The lowest BCUT2D eigenvalue weighted by Gasteiger charge is -2.32. The molecule has 1 nitrogen and oxygen atoms in total. The number of aromatic nitrogens is 1. The fourth-order valence-electron chi connectivity index (χ4n) is 4.67. The molecule has 3 aromatic carbocycles. The smallest absolute Gasteiger partial charge is 0.107 e. The van der Waals surface area contributed by atoms with E-state index in [1.54, 1.807) is 5.32 Å². The van der Waals surface area contributed by atoms with Crippen molar-refractivity contribution in [3.8, 4) is 16.8 Å². The van der Waals surface area contributed by atoms with Crippen LogP contribution in [0, 0.1) is 6.92 Å². The summed E-state index contributed by atoms with van der Waals surface area (Å²) < 4.78 is 2.54. The number of aryl methyl sites for hydroxylation is 1. The van der Waals surface area contributed by atoms with E-state index in [4.69, 9.17) is 0 Å². The van der Waals surface area contributed by atoms with Crippen molar-refractivity contribution < 1.29 is 0 Å². The van der Waals surface area contributed by atoms with Crippen LogP contribution in [-0.2, 0) is 6.04 Å². The fourth-order valence-corrected chi connectivity index (χ4v) is 7.88. The first-order chi connectivity index (χ1) is 12.6. The SMILES string of the molecule is Cc1ccc2c(c1)C[Si](C)(C)c1c-2c2ccccc2n1-c1ccccc1. The second-order valence-corrected chi connectivity index (χ2v) is 12.7. The molecule has 0 fully saturated rings. The number of rotatable bonds is 1. The summed E-state index contributed by atoms with van der Waals surface area (Å²) >= 11 is 0. The zero-order valence-electron chi connectivity index (χ0n) is 15.6. The molecule has 0 unspecified atom stereocenters. The molecule has 4 aromatic rings. The van der Waals surface area contributed by atoms with Gasteiger partial charge in [-0.15, -0.1) is 0 Å². The van der Waals surface area contributed by atoms with E-state index in [0.29, 0.717) is 0 Å². The summed E-state index contributed by atoms with van der Waals surface area (Å²) in [5.74, 6) is 0. The number of fused-ring (bicyclic) bond motifs is 5. The predicted molar refractivity (Wildman–Crippen MR) is 114 cm³/mol. The number of para-hydroxylation sites is 2. The van der Waals surface area contributed by atoms with Gasteiger partial charge in [-0.05, 0) is 42.3 Å². The lowest BCUT2D eigenvalue weighted by atomic mass is 9.98. The second-order valence-electron chi connectivity index (χ2n) is 8.13. The summed E-state index contributed by atoms with van der Waals surface area (Å²) in [6.07, 6.45) is 0. The first-order valence-corrected chi connectivity index (χ1v) is 12.6. The van der Waals surface area contributed by atoms with Crippen LogP contribution in [0.25, 0.3) is 27.7 Å². The van der Waals surface area contributed by atoms with Gasteiger partial charge in [0.2, 0.25) is 0 Å². The lowest BCUT2D eigenvalue weighted by molar-refractivity contribution is 1.14. The Labute approximate surface area is 155 Å². The first kappa shape index (κ1) is 15.7. The van der Waals surface area contributed by atoms with E-state index in [1.807, 2.05) is 0 Å². The van der Waals surface area contributed by atoms with E-state index in [0.717, 1.165) is 0 Å². The molecule has 0 bridgehead atoms. The Balaban J connectivity index is 1.97. The topological polar surface area (TPSA) is 4.93 Å². The van der Waals surface area contributed by atoms with Crippen molar-refractivity contribution in [2.45, 2.75) is 26.1 Å². The second kappa shape index (κ2) is 5.45. The van der Waals surface area contributed by atoms with Crippen molar-refractivity contribution in [1.82, 2.24) is 4.57 Å². The first-order valence-electron chi connectivity index (χ1n) is 9.35. The highest BCUT2D eigenvalue weighted by Gasteiger charge is 2.38. The third-order valence-electron chi connectivity index (χ3n) is 5.69. The molecule has 0 N–H and O–H groups in total. The van der Waals surface area contributed by atoms with E-state index < -0.39 is 8.07 Å². The van der Waals surface area contributed by atoms with Crippen LogP contribution in [-0.4, -0.2) is 12.6 Å². The predicted octanol–water partition coefficient (Wildman–Crippen LogP) is 5.62. The number of hydrogen-bond acceptors (Lipinski definition) is 0. The minimum atomic E-state index is -1.63. The number of nitrogens with zero attached hydrogens (tertiary/aromatic N) is 1. The molecule has 0 amide bonds. The van der Waals surface area contributed by atoms with Crippen LogP contribution in [0.2, 0.25) is 13.1 Å². The van der Waals surface area contributed by atoms with Gasteiger partial charge < -0.3 is 4.57 Å². The van der Waals surface area contributed by atoms with E-state index in [-0.39, 0.29) is 0 Å². The van der Waals surface area contributed by atoms with E-state index in [1.165, 1.54) is 44.9 Å². The Bertz CT molecular complexity index is 1140. The molecule has 0 saturated carbocycles. The van der Waals surface area contributed by atoms with Gasteiger partial charge in [-0.2, -0.15) is 0 Å². The van der Waals surface area contributed by atoms with Crippen molar-refractivity contribution in [3.63, 3.8) is 0 Å². The Hall–Kier alpha value is -2.58. The van der Waals surface area contributed by atoms with Crippen LogP contribution in [0.1, 0.15) is 11.1 Å². The normalized spacial score (nSPS) is 14.9.